The molecule has 2 aromatic heterocycles. The average molecular weight is 480 g/mol. The number of aromatic nitrogens is 3. The van der Waals surface area contributed by atoms with Crippen LogP contribution in [-0.2, 0) is 6.54 Å². The number of hydrogen-bond donors (Lipinski definition) is 1. The zero-order valence-corrected chi connectivity index (χ0v) is 20.5. The van der Waals surface area contributed by atoms with Crippen molar-refractivity contribution < 1.29 is 0 Å². The fourth-order valence-electron chi connectivity index (χ4n) is 5.02. The predicted octanol–water partition coefficient (Wildman–Crippen LogP) is 4.54. The van der Waals surface area contributed by atoms with Crippen molar-refractivity contribution >= 4 is 47.1 Å². The van der Waals surface area contributed by atoms with E-state index in [0.717, 1.165) is 60.7 Å². The van der Waals surface area contributed by atoms with Crippen molar-refractivity contribution in [2.45, 2.75) is 25.4 Å². The third-order valence-corrected chi connectivity index (χ3v) is 7.29. The molecule has 174 valence electrons. The van der Waals surface area contributed by atoms with E-state index in [0.29, 0.717) is 11.1 Å². The van der Waals surface area contributed by atoms with Gasteiger partial charge in [-0.25, -0.2) is 4.98 Å². The maximum atomic E-state index is 6.49. The quantitative estimate of drug-likeness (QED) is 0.376. The van der Waals surface area contributed by atoms with Crippen LogP contribution in [0.4, 0.5) is 5.82 Å². The molecule has 0 radical (unpaired) electrons. The fourth-order valence-corrected chi connectivity index (χ4v) is 5.25. The first-order chi connectivity index (χ1) is 17.1. The van der Waals surface area contributed by atoms with E-state index in [4.69, 9.17) is 16.6 Å². The van der Waals surface area contributed by atoms with Crippen molar-refractivity contribution in [1.29, 1.82) is 0 Å². The van der Waals surface area contributed by atoms with Gasteiger partial charge in [0.15, 0.2) is 5.65 Å². The normalized spacial score (nSPS) is 15.1. The van der Waals surface area contributed by atoms with E-state index in [2.05, 4.69) is 63.8 Å². The molecule has 0 spiro atoms. The summed E-state index contributed by atoms with van der Waals surface area (Å²) in [5, 5.41) is 11.7. The highest BCUT2D eigenvalue weighted by atomic mass is 35.5. The second kappa shape index (κ2) is 9.36. The molecule has 7 heteroatoms. The molecule has 3 heterocycles. The predicted molar refractivity (Wildman–Crippen MR) is 147 cm³/mol. The molecule has 1 aliphatic heterocycles. The van der Waals surface area contributed by atoms with E-state index in [1.807, 2.05) is 42.8 Å². The number of anilines is 1. The molecule has 35 heavy (non-hydrogen) atoms. The van der Waals surface area contributed by atoms with E-state index in [1.54, 1.807) is 0 Å². The van der Waals surface area contributed by atoms with E-state index in [1.165, 1.54) is 16.3 Å². The topological polar surface area (TPSA) is 45.5 Å². The number of likely N-dealkylation sites (tertiary alicyclic amines) is 1. The van der Waals surface area contributed by atoms with Crippen LogP contribution in [0, 0.1) is 0 Å². The number of rotatable bonds is 5. The molecule has 3 aromatic carbocycles. The number of nitrogens with one attached hydrogen (secondary N) is 1. The number of fused-ring (bicyclic) bond motifs is 2. The van der Waals surface area contributed by atoms with Gasteiger partial charge in [0.1, 0.15) is 13.7 Å². The highest BCUT2D eigenvalue weighted by Crippen LogP contribution is 2.29. The fraction of sp³-hybridized carbons (Fsp3) is 0.214. The highest BCUT2D eigenvalue weighted by molar-refractivity contribution is 6.36. The Morgan fingerprint density at radius 3 is 2.54 bits per heavy atom. The molecule has 6 rings (SSSR count). The van der Waals surface area contributed by atoms with Crippen LogP contribution in [0.2, 0.25) is 5.02 Å². The number of halogens is 1. The summed E-state index contributed by atoms with van der Waals surface area (Å²) in [4.78, 5) is 7.42. The van der Waals surface area contributed by atoms with E-state index < -0.39 is 0 Å². The summed E-state index contributed by atoms with van der Waals surface area (Å²) < 4.78 is 1.91. The third kappa shape index (κ3) is 4.52. The summed E-state index contributed by atoms with van der Waals surface area (Å²) in [6.07, 6.45) is 4.04. The lowest BCUT2D eigenvalue weighted by atomic mass is 10.0. The lowest BCUT2D eigenvalue weighted by Gasteiger charge is -2.33. The van der Waals surface area contributed by atoms with Crippen LogP contribution in [0.15, 0.2) is 79.0 Å². The Morgan fingerprint density at radius 2 is 1.71 bits per heavy atom. The molecule has 0 amide bonds. The molecule has 0 unspecified atom stereocenters. The minimum Gasteiger partial charge on any atom is -0.367 e. The second-order valence-electron chi connectivity index (χ2n) is 9.45. The van der Waals surface area contributed by atoms with E-state index in [-0.39, 0.29) is 0 Å². The molecule has 1 fully saturated rings. The standard InChI is InChI=1S/C28H27BClN5/c29-24-17-31-35-27(16-26(33-28(24)35)23-7-3-4-8-25(23)30)32-22-11-13-34(14-12-22)18-19-9-10-20-5-1-2-6-21(20)15-19/h1-10,15-17,22,32H,11-14,18,29H2. The van der Waals surface area contributed by atoms with Crippen LogP contribution in [0.5, 0.6) is 0 Å². The summed E-state index contributed by atoms with van der Waals surface area (Å²) >= 11 is 6.49. The Kier molecular flexibility index (Phi) is 5.92. The van der Waals surface area contributed by atoms with Crippen LogP contribution in [-0.4, -0.2) is 46.5 Å². The molecule has 5 nitrogen and oxygen atoms in total. The third-order valence-electron chi connectivity index (χ3n) is 6.96. The van der Waals surface area contributed by atoms with E-state index >= 15 is 0 Å². The Morgan fingerprint density at radius 1 is 0.943 bits per heavy atom. The molecule has 0 bridgehead atoms. The maximum absolute atomic E-state index is 6.49. The van der Waals surface area contributed by atoms with Gasteiger partial charge >= 0.3 is 0 Å². The molecule has 1 N–H and O–H groups in total. The number of piperidine rings is 1. The van der Waals surface area contributed by atoms with Gasteiger partial charge in [0.05, 0.1) is 5.69 Å². The minimum absolute atomic E-state index is 0.386. The smallest absolute Gasteiger partial charge is 0.151 e. The maximum Gasteiger partial charge on any atom is 0.151 e. The molecular weight excluding hydrogens is 453 g/mol. The first-order valence-electron chi connectivity index (χ1n) is 12.2. The lowest BCUT2D eigenvalue weighted by Crippen LogP contribution is -2.39. The van der Waals surface area contributed by atoms with Gasteiger partial charge in [-0.15, -0.1) is 0 Å². The van der Waals surface area contributed by atoms with E-state index in [9.17, 15) is 0 Å². The van der Waals surface area contributed by atoms with Crippen molar-refractivity contribution in [1.82, 2.24) is 19.5 Å². The second-order valence-corrected chi connectivity index (χ2v) is 9.85. The van der Waals surface area contributed by atoms with Gasteiger partial charge < -0.3 is 5.32 Å². The highest BCUT2D eigenvalue weighted by Gasteiger charge is 2.21. The van der Waals surface area contributed by atoms with Gasteiger partial charge in [0, 0.05) is 48.5 Å². The van der Waals surface area contributed by atoms with Gasteiger partial charge in [-0.05, 0) is 46.8 Å². The average Bonchev–Trinajstić information content (AvgIpc) is 3.26. The van der Waals surface area contributed by atoms with Gasteiger partial charge in [-0.3, -0.25) is 4.90 Å². The Hall–Kier alpha value is -3.35. The summed E-state index contributed by atoms with van der Waals surface area (Å²) in [6.45, 7) is 3.12. The van der Waals surface area contributed by atoms with Crippen molar-refractivity contribution in [2.24, 2.45) is 0 Å². The Labute approximate surface area is 211 Å². The molecule has 0 aliphatic carbocycles. The molecule has 0 atom stereocenters. The van der Waals surface area contributed by atoms with Crippen LogP contribution in [0.3, 0.4) is 0 Å². The van der Waals surface area contributed by atoms with Crippen molar-refractivity contribution in [2.75, 3.05) is 18.4 Å². The molecule has 1 aliphatic rings. The molecule has 0 saturated carbocycles. The minimum atomic E-state index is 0.386. The van der Waals surface area contributed by atoms with Crippen molar-refractivity contribution in [3.63, 3.8) is 0 Å². The van der Waals surface area contributed by atoms with Crippen LogP contribution in [0.25, 0.3) is 27.7 Å². The number of benzene rings is 3. The SMILES string of the molecule is Bc1cnn2c(NC3CCN(Cc4ccc5ccccc5c4)CC3)cc(-c3ccccc3Cl)nc12. The summed E-state index contributed by atoms with van der Waals surface area (Å²) in [7, 11) is 2.04. The summed E-state index contributed by atoms with van der Waals surface area (Å²) in [5.74, 6) is 0.964. The number of hydrogen-bond acceptors (Lipinski definition) is 4. The molecule has 5 aromatic rings. The zero-order chi connectivity index (χ0) is 23.8. The number of nitrogens with zero attached hydrogens (tertiary/aromatic N) is 4. The van der Waals surface area contributed by atoms with Gasteiger partial charge in [-0.1, -0.05) is 66.2 Å². The van der Waals surface area contributed by atoms with Crippen LogP contribution < -0.4 is 10.8 Å². The largest absolute Gasteiger partial charge is 0.367 e. The van der Waals surface area contributed by atoms with Gasteiger partial charge in [0.25, 0.3) is 0 Å². The summed E-state index contributed by atoms with van der Waals surface area (Å²) in [6, 6.07) is 25.7. The van der Waals surface area contributed by atoms with Crippen molar-refractivity contribution in [3.05, 3.63) is 89.6 Å². The molecule has 1 saturated heterocycles. The summed E-state index contributed by atoms with van der Waals surface area (Å²) in [5.41, 5.74) is 5.08. The molecular formula is C28H27BClN5. The van der Waals surface area contributed by atoms with Gasteiger partial charge in [0.2, 0.25) is 0 Å². The first kappa shape index (κ1) is 22.1. The lowest BCUT2D eigenvalue weighted by molar-refractivity contribution is 0.211. The first-order valence-corrected chi connectivity index (χ1v) is 12.6. The van der Waals surface area contributed by atoms with Crippen LogP contribution in [0.1, 0.15) is 18.4 Å². The van der Waals surface area contributed by atoms with Gasteiger partial charge in [-0.2, -0.15) is 9.61 Å². The Bertz CT molecular complexity index is 1510. The van der Waals surface area contributed by atoms with Crippen LogP contribution >= 0.6 is 11.6 Å². The Balaban J connectivity index is 1.18. The zero-order valence-electron chi connectivity index (χ0n) is 19.8. The van der Waals surface area contributed by atoms with Crippen molar-refractivity contribution in [3.8, 4) is 11.3 Å². The monoisotopic (exact) mass is 479 g/mol.